The third-order valence-corrected chi connectivity index (χ3v) is 4.33. The molecule has 1 saturated heterocycles. The van der Waals surface area contributed by atoms with Crippen molar-refractivity contribution in [3.05, 3.63) is 16.5 Å². The molecule has 1 aliphatic rings. The minimum atomic E-state index is 0.590. The van der Waals surface area contributed by atoms with Crippen LogP contribution in [0.15, 0.2) is 0 Å². The molecular weight excluding hydrogens is 286 g/mol. The van der Waals surface area contributed by atoms with Crippen molar-refractivity contribution < 1.29 is 0 Å². The molecule has 5 nitrogen and oxygen atoms in total. The molecule has 6 heteroatoms. The summed E-state index contributed by atoms with van der Waals surface area (Å²) in [5.74, 6) is 1.84. The Bertz CT molecular complexity index is 469. The molecule has 0 saturated carbocycles. The highest BCUT2D eigenvalue weighted by Gasteiger charge is 2.21. The zero-order valence-electron chi connectivity index (χ0n) is 13.6. The Hall–Kier alpha value is -0.910. The van der Waals surface area contributed by atoms with Crippen molar-refractivity contribution in [2.24, 2.45) is 0 Å². The van der Waals surface area contributed by atoms with E-state index < -0.39 is 0 Å². The first-order chi connectivity index (χ1) is 10.0. The number of hydrogen-bond donors (Lipinski definition) is 0. The highest BCUT2D eigenvalue weighted by molar-refractivity contribution is 6.30. The minimum absolute atomic E-state index is 0.590. The molecule has 2 rings (SSSR count). The van der Waals surface area contributed by atoms with Crippen LogP contribution in [0.5, 0.6) is 0 Å². The zero-order valence-corrected chi connectivity index (χ0v) is 14.3. The average Bonchev–Trinajstić information content (AvgIpc) is 2.48. The SMILES string of the molecule is CCc1nc(Cl)c(C)c(N2CCN(CCN(C)C)CC2)n1. The van der Waals surface area contributed by atoms with Gasteiger partial charge in [-0.1, -0.05) is 18.5 Å². The fourth-order valence-corrected chi connectivity index (χ4v) is 2.69. The number of rotatable bonds is 5. The number of aryl methyl sites for hydroxylation is 1. The Morgan fingerprint density at radius 2 is 1.81 bits per heavy atom. The van der Waals surface area contributed by atoms with Crippen molar-refractivity contribution in [1.29, 1.82) is 0 Å². The van der Waals surface area contributed by atoms with Crippen molar-refractivity contribution >= 4 is 17.4 Å². The number of anilines is 1. The molecule has 0 N–H and O–H groups in total. The lowest BCUT2D eigenvalue weighted by atomic mass is 10.2. The monoisotopic (exact) mass is 311 g/mol. The molecule has 118 valence electrons. The number of halogens is 1. The maximum Gasteiger partial charge on any atom is 0.137 e. The smallest absolute Gasteiger partial charge is 0.137 e. The Balaban J connectivity index is 2.00. The van der Waals surface area contributed by atoms with Crippen molar-refractivity contribution in [3.8, 4) is 0 Å². The van der Waals surface area contributed by atoms with E-state index in [2.05, 4.69) is 45.7 Å². The highest BCUT2D eigenvalue weighted by atomic mass is 35.5. The number of nitrogens with zero attached hydrogens (tertiary/aromatic N) is 5. The van der Waals surface area contributed by atoms with E-state index in [0.29, 0.717) is 5.15 Å². The summed E-state index contributed by atoms with van der Waals surface area (Å²) in [6.45, 7) is 10.5. The van der Waals surface area contributed by atoms with Gasteiger partial charge in [0, 0.05) is 51.3 Å². The Morgan fingerprint density at radius 3 is 2.38 bits per heavy atom. The molecule has 0 aromatic carbocycles. The molecule has 1 aromatic rings. The van der Waals surface area contributed by atoms with E-state index in [-0.39, 0.29) is 0 Å². The summed E-state index contributed by atoms with van der Waals surface area (Å²) in [7, 11) is 4.24. The van der Waals surface area contributed by atoms with Gasteiger partial charge in [-0.2, -0.15) is 0 Å². The van der Waals surface area contributed by atoms with Crippen molar-refractivity contribution in [3.63, 3.8) is 0 Å². The molecule has 0 amide bonds. The molecule has 2 heterocycles. The van der Waals surface area contributed by atoms with E-state index in [1.54, 1.807) is 0 Å². The van der Waals surface area contributed by atoms with Crippen LogP contribution in [0.1, 0.15) is 18.3 Å². The van der Waals surface area contributed by atoms with E-state index >= 15 is 0 Å². The van der Waals surface area contributed by atoms with Gasteiger partial charge in [-0.25, -0.2) is 9.97 Å². The van der Waals surface area contributed by atoms with Crippen LogP contribution in [0.4, 0.5) is 5.82 Å². The van der Waals surface area contributed by atoms with Crippen LogP contribution >= 0.6 is 11.6 Å². The van der Waals surface area contributed by atoms with Crippen LogP contribution in [-0.4, -0.2) is 73.1 Å². The van der Waals surface area contributed by atoms with Crippen molar-refractivity contribution in [2.45, 2.75) is 20.3 Å². The number of piperazine rings is 1. The Kier molecular flexibility index (Phi) is 5.79. The number of aromatic nitrogens is 2. The topological polar surface area (TPSA) is 35.5 Å². The van der Waals surface area contributed by atoms with Gasteiger partial charge in [-0.05, 0) is 21.0 Å². The van der Waals surface area contributed by atoms with Crippen LogP contribution in [0.3, 0.4) is 0 Å². The fourth-order valence-electron chi connectivity index (χ4n) is 2.51. The van der Waals surface area contributed by atoms with Gasteiger partial charge in [0.25, 0.3) is 0 Å². The molecule has 1 fully saturated rings. The van der Waals surface area contributed by atoms with Gasteiger partial charge < -0.3 is 9.80 Å². The van der Waals surface area contributed by atoms with E-state index in [1.165, 1.54) is 0 Å². The lowest BCUT2D eigenvalue weighted by molar-refractivity contribution is 0.229. The predicted molar refractivity (Wildman–Crippen MR) is 88.4 cm³/mol. The third kappa shape index (κ3) is 4.28. The number of likely N-dealkylation sites (N-methyl/N-ethyl adjacent to an activating group) is 1. The summed E-state index contributed by atoms with van der Waals surface area (Å²) in [6, 6.07) is 0. The van der Waals surface area contributed by atoms with Gasteiger partial charge in [0.15, 0.2) is 0 Å². The first kappa shape index (κ1) is 16.5. The van der Waals surface area contributed by atoms with Crippen LogP contribution in [0, 0.1) is 6.92 Å². The Morgan fingerprint density at radius 1 is 1.14 bits per heavy atom. The Labute approximate surface area is 132 Å². The first-order valence-electron chi connectivity index (χ1n) is 7.66. The second-order valence-corrected chi connectivity index (χ2v) is 6.22. The van der Waals surface area contributed by atoms with Crippen LogP contribution in [0.2, 0.25) is 5.15 Å². The van der Waals surface area contributed by atoms with Gasteiger partial charge in [0.1, 0.15) is 16.8 Å². The largest absolute Gasteiger partial charge is 0.354 e. The molecule has 1 aliphatic heterocycles. The highest BCUT2D eigenvalue weighted by Crippen LogP contribution is 2.24. The van der Waals surface area contributed by atoms with Gasteiger partial charge in [-0.3, -0.25) is 4.90 Å². The summed E-state index contributed by atoms with van der Waals surface area (Å²) < 4.78 is 0. The quantitative estimate of drug-likeness (QED) is 0.773. The first-order valence-corrected chi connectivity index (χ1v) is 8.04. The lowest BCUT2D eigenvalue weighted by Gasteiger charge is -2.36. The van der Waals surface area contributed by atoms with Gasteiger partial charge in [0.05, 0.1) is 0 Å². The molecular formula is C15H26ClN5. The van der Waals surface area contributed by atoms with Gasteiger partial charge in [0.2, 0.25) is 0 Å². The van der Waals surface area contributed by atoms with Crippen molar-refractivity contribution in [1.82, 2.24) is 19.8 Å². The zero-order chi connectivity index (χ0) is 15.4. The normalized spacial score (nSPS) is 16.8. The molecule has 0 radical (unpaired) electrons. The number of hydrogen-bond acceptors (Lipinski definition) is 5. The van der Waals surface area contributed by atoms with E-state index in [1.807, 2.05) is 6.92 Å². The maximum absolute atomic E-state index is 6.24. The molecule has 0 bridgehead atoms. The molecule has 0 atom stereocenters. The van der Waals surface area contributed by atoms with Crippen LogP contribution in [-0.2, 0) is 6.42 Å². The molecule has 0 unspecified atom stereocenters. The lowest BCUT2D eigenvalue weighted by Crippen LogP contribution is -2.48. The summed E-state index contributed by atoms with van der Waals surface area (Å²) >= 11 is 6.24. The molecule has 0 aliphatic carbocycles. The van der Waals surface area contributed by atoms with E-state index in [9.17, 15) is 0 Å². The molecule has 21 heavy (non-hydrogen) atoms. The summed E-state index contributed by atoms with van der Waals surface area (Å²) in [5, 5.41) is 0.590. The average molecular weight is 312 g/mol. The summed E-state index contributed by atoms with van der Waals surface area (Å²) in [4.78, 5) is 16.1. The van der Waals surface area contributed by atoms with Crippen LogP contribution in [0.25, 0.3) is 0 Å². The predicted octanol–water partition coefficient (Wildman–Crippen LogP) is 1.68. The maximum atomic E-state index is 6.24. The summed E-state index contributed by atoms with van der Waals surface area (Å²) in [6.07, 6.45) is 0.815. The van der Waals surface area contributed by atoms with Crippen LogP contribution < -0.4 is 4.90 Å². The molecule has 0 spiro atoms. The second-order valence-electron chi connectivity index (χ2n) is 5.86. The van der Waals surface area contributed by atoms with E-state index in [4.69, 9.17) is 11.6 Å². The van der Waals surface area contributed by atoms with Gasteiger partial charge >= 0.3 is 0 Å². The fraction of sp³-hybridized carbons (Fsp3) is 0.733. The standard InChI is InChI=1S/C15H26ClN5/c1-5-13-17-14(16)12(2)15(18-13)21-10-8-20(9-11-21)7-6-19(3)4/h5-11H2,1-4H3. The third-order valence-electron chi connectivity index (χ3n) is 3.96. The van der Waals surface area contributed by atoms with Gasteiger partial charge in [-0.15, -0.1) is 0 Å². The molecule has 1 aromatic heterocycles. The summed E-state index contributed by atoms with van der Waals surface area (Å²) in [5.41, 5.74) is 0.996. The van der Waals surface area contributed by atoms with E-state index in [0.717, 1.165) is 62.9 Å². The minimum Gasteiger partial charge on any atom is -0.354 e. The van der Waals surface area contributed by atoms with Crippen molar-refractivity contribution in [2.75, 3.05) is 58.3 Å². The second kappa shape index (κ2) is 7.38.